The summed E-state index contributed by atoms with van der Waals surface area (Å²) >= 11 is 0. The minimum absolute atomic E-state index is 0.176. The molecule has 0 unspecified atom stereocenters. The van der Waals surface area contributed by atoms with Crippen molar-refractivity contribution in [2.45, 2.75) is 38.1 Å². The van der Waals surface area contributed by atoms with Gasteiger partial charge in [-0.3, -0.25) is 19.3 Å². The van der Waals surface area contributed by atoms with E-state index in [-0.39, 0.29) is 11.6 Å². The summed E-state index contributed by atoms with van der Waals surface area (Å²) < 4.78 is 52.8. The number of halogens is 3. The van der Waals surface area contributed by atoms with Gasteiger partial charge in [0.15, 0.2) is 0 Å². The lowest BCUT2D eigenvalue weighted by Gasteiger charge is -2.45. The third-order valence-electron chi connectivity index (χ3n) is 7.70. The first-order chi connectivity index (χ1) is 18.8. The van der Waals surface area contributed by atoms with E-state index < -0.39 is 52.2 Å². The summed E-state index contributed by atoms with van der Waals surface area (Å²) in [7, 11) is 0. The van der Waals surface area contributed by atoms with Gasteiger partial charge >= 0.3 is 6.18 Å². The Morgan fingerprint density at radius 2 is 1.70 bits per heavy atom. The van der Waals surface area contributed by atoms with E-state index in [2.05, 4.69) is 10.2 Å². The van der Waals surface area contributed by atoms with Crippen LogP contribution in [0.2, 0.25) is 0 Å². The normalized spacial score (nSPS) is 27.9. The average molecular weight is 557 g/mol. The molecule has 5 rings (SSSR count). The van der Waals surface area contributed by atoms with Gasteiger partial charge in [-0.25, -0.2) is 4.90 Å². The first-order valence-corrected chi connectivity index (χ1v) is 12.7. The molecule has 0 saturated carbocycles. The molecule has 0 radical (unpaired) electrons. The molecule has 2 aromatic carbocycles. The first-order valence-electron chi connectivity index (χ1n) is 12.7. The quantitative estimate of drug-likeness (QED) is 0.542. The Hall–Kier alpha value is -3.95. The summed E-state index contributed by atoms with van der Waals surface area (Å²) in [6.07, 6.45) is -4.82. The van der Waals surface area contributed by atoms with E-state index in [1.807, 2.05) is 0 Å². The number of nitrogens with one attached hydrogen (secondary N) is 1. The van der Waals surface area contributed by atoms with Crippen LogP contribution in [0, 0.1) is 23.2 Å². The molecule has 3 saturated heterocycles. The number of rotatable bonds is 6. The molecule has 210 valence electrons. The summed E-state index contributed by atoms with van der Waals surface area (Å²) in [5.41, 5.74) is -3.44. The van der Waals surface area contributed by atoms with Gasteiger partial charge in [0.2, 0.25) is 17.7 Å². The van der Waals surface area contributed by atoms with Crippen molar-refractivity contribution in [1.29, 1.82) is 5.26 Å². The number of benzene rings is 2. The number of anilines is 2. The van der Waals surface area contributed by atoms with Crippen molar-refractivity contribution >= 4 is 29.1 Å². The first kappa shape index (κ1) is 27.6. The fourth-order valence-electron chi connectivity index (χ4n) is 6.31. The van der Waals surface area contributed by atoms with Gasteiger partial charge in [-0.05, 0) is 56.3 Å². The van der Waals surface area contributed by atoms with Gasteiger partial charge in [0.25, 0.3) is 0 Å². The van der Waals surface area contributed by atoms with Crippen molar-refractivity contribution < 1.29 is 37.0 Å². The Labute approximate surface area is 228 Å². The van der Waals surface area contributed by atoms with E-state index in [1.165, 1.54) is 19.1 Å². The van der Waals surface area contributed by atoms with Gasteiger partial charge < -0.3 is 14.8 Å². The number of amides is 3. The minimum Gasteiger partial charge on any atom is -0.492 e. The maximum Gasteiger partial charge on any atom is 0.417 e. The number of carbonyl (C=O) groups is 3. The molecule has 9 nitrogen and oxygen atoms in total. The zero-order chi connectivity index (χ0) is 29.0. The third kappa shape index (κ3) is 4.69. The number of likely N-dealkylation sites (tertiary alicyclic amines) is 1. The Balaban J connectivity index is 1.31. The van der Waals surface area contributed by atoms with Crippen molar-refractivity contribution in [2.24, 2.45) is 11.8 Å². The largest absolute Gasteiger partial charge is 0.492 e. The maximum atomic E-state index is 13.6. The van der Waals surface area contributed by atoms with Crippen LogP contribution in [-0.4, -0.2) is 60.1 Å². The average Bonchev–Trinajstić information content (AvgIpc) is 3.24. The summed E-state index contributed by atoms with van der Waals surface area (Å²) in [6.45, 7) is 6.37. The number of alkyl halides is 3. The topological polar surface area (TPSA) is 112 Å². The van der Waals surface area contributed by atoms with Gasteiger partial charge in [0, 0.05) is 32.2 Å². The van der Waals surface area contributed by atoms with Crippen molar-refractivity contribution in [3.8, 4) is 11.8 Å². The summed E-state index contributed by atoms with van der Waals surface area (Å²) in [4.78, 5) is 41.3. The fourth-order valence-corrected chi connectivity index (χ4v) is 6.31. The second-order valence-corrected chi connectivity index (χ2v) is 10.8. The van der Waals surface area contributed by atoms with E-state index in [4.69, 9.17) is 14.7 Å². The lowest BCUT2D eigenvalue weighted by Crippen LogP contribution is -2.58. The molecule has 3 amide bonds. The van der Waals surface area contributed by atoms with Crippen LogP contribution in [0.3, 0.4) is 0 Å². The number of nitrogens with zero attached hydrogens (tertiary/aromatic N) is 3. The van der Waals surface area contributed by atoms with Crippen molar-refractivity contribution in [3.05, 3.63) is 53.6 Å². The van der Waals surface area contributed by atoms with Crippen molar-refractivity contribution in [2.75, 3.05) is 36.5 Å². The molecular formula is C28H27F3N4O5. The Kier molecular flexibility index (Phi) is 6.63. The van der Waals surface area contributed by atoms with Crippen LogP contribution in [0.4, 0.5) is 24.5 Å². The molecule has 4 atom stereocenters. The fraction of sp³-hybridized carbons (Fsp3) is 0.429. The summed E-state index contributed by atoms with van der Waals surface area (Å²) in [5, 5.41) is 11.8. The molecule has 2 aromatic rings. The van der Waals surface area contributed by atoms with E-state index >= 15 is 0 Å². The zero-order valence-corrected chi connectivity index (χ0v) is 22.0. The number of carbonyl (C=O) groups excluding carboxylic acids is 3. The molecule has 1 N–H and O–H groups in total. The summed E-state index contributed by atoms with van der Waals surface area (Å²) in [6, 6.07) is 11.3. The van der Waals surface area contributed by atoms with Crippen LogP contribution in [0.25, 0.3) is 0 Å². The maximum absolute atomic E-state index is 13.6. The van der Waals surface area contributed by atoms with Crippen LogP contribution in [0.5, 0.6) is 5.75 Å². The smallest absolute Gasteiger partial charge is 0.417 e. The molecule has 12 heteroatoms. The van der Waals surface area contributed by atoms with Crippen molar-refractivity contribution in [3.63, 3.8) is 0 Å². The van der Waals surface area contributed by atoms with E-state index in [9.17, 15) is 27.6 Å². The van der Waals surface area contributed by atoms with Gasteiger partial charge in [-0.1, -0.05) is 0 Å². The van der Waals surface area contributed by atoms with Gasteiger partial charge in [0.1, 0.15) is 12.4 Å². The predicted molar refractivity (Wildman–Crippen MR) is 136 cm³/mol. The van der Waals surface area contributed by atoms with E-state index in [0.717, 1.165) is 11.0 Å². The highest BCUT2D eigenvalue weighted by Gasteiger charge is 2.71. The van der Waals surface area contributed by atoms with Gasteiger partial charge in [0.05, 0.1) is 45.9 Å². The molecule has 3 fully saturated rings. The second-order valence-electron chi connectivity index (χ2n) is 10.8. The Morgan fingerprint density at radius 3 is 2.23 bits per heavy atom. The molecular weight excluding hydrogens is 529 g/mol. The van der Waals surface area contributed by atoms with Crippen LogP contribution in [0.15, 0.2) is 42.5 Å². The molecule has 40 heavy (non-hydrogen) atoms. The van der Waals surface area contributed by atoms with Crippen LogP contribution in [-0.2, 0) is 25.3 Å². The molecule has 0 spiro atoms. The molecule has 2 bridgehead atoms. The van der Waals surface area contributed by atoms with Crippen LogP contribution in [0.1, 0.15) is 31.9 Å². The highest BCUT2D eigenvalue weighted by atomic mass is 19.4. The van der Waals surface area contributed by atoms with E-state index in [0.29, 0.717) is 43.7 Å². The minimum atomic E-state index is -4.82. The Bertz CT molecular complexity index is 1390. The lowest BCUT2D eigenvalue weighted by molar-refractivity contribution is -0.169. The van der Waals surface area contributed by atoms with Crippen LogP contribution < -0.4 is 15.0 Å². The molecule has 3 aliphatic rings. The predicted octanol–water partition coefficient (Wildman–Crippen LogP) is 3.58. The number of morpholine rings is 1. The Morgan fingerprint density at radius 1 is 1.10 bits per heavy atom. The number of hydrogen-bond donors (Lipinski definition) is 1. The summed E-state index contributed by atoms with van der Waals surface area (Å²) in [5.74, 6) is -2.54. The third-order valence-corrected chi connectivity index (χ3v) is 7.70. The SMILES string of the molecule is CC(=O)Nc1ccc(OCCN2C[C@@]3(C)O[C@@](C)(C2)[C@H]2C(=O)N(c4ccc(C#N)c(C(F)(F)F)c4)C(=O)[C@H]23)cc1. The number of ether oxygens (including phenoxy) is 2. The number of hydrogen-bond acceptors (Lipinski definition) is 7. The monoisotopic (exact) mass is 556 g/mol. The number of nitriles is 1. The number of imide groups is 1. The van der Waals surface area contributed by atoms with Gasteiger partial charge in [-0.2, -0.15) is 18.4 Å². The molecule has 0 aromatic heterocycles. The standard InChI is InChI=1S/C28H27F3N4O5/c1-16(36)33-18-5-8-20(9-6-18)39-11-10-34-14-26(2)22-23(27(3,15-34)40-26)25(38)35(24(22)37)19-7-4-17(13-32)21(12-19)28(29,30)31/h4-9,12,22-23H,10-11,14-15H2,1-3H3,(H,33,36)/t22-,23+,26+,27-. The second kappa shape index (κ2) is 9.60. The zero-order valence-electron chi connectivity index (χ0n) is 22.0. The van der Waals surface area contributed by atoms with Crippen molar-refractivity contribution in [1.82, 2.24) is 4.90 Å². The highest BCUT2D eigenvalue weighted by molar-refractivity contribution is 6.23. The highest BCUT2D eigenvalue weighted by Crippen LogP contribution is 2.55. The molecule has 3 aliphatic heterocycles. The lowest BCUT2D eigenvalue weighted by atomic mass is 9.79. The van der Waals surface area contributed by atoms with Gasteiger partial charge in [-0.15, -0.1) is 0 Å². The molecule has 0 aliphatic carbocycles. The number of fused-ring (bicyclic) bond motifs is 5. The molecule has 3 heterocycles. The van der Waals surface area contributed by atoms with Crippen LogP contribution >= 0.6 is 0 Å². The van der Waals surface area contributed by atoms with E-state index in [1.54, 1.807) is 38.1 Å².